The molecule has 0 aliphatic carbocycles. The summed E-state index contributed by atoms with van der Waals surface area (Å²) in [4.78, 5) is 19.6. The lowest BCUT2D eigenvalue weighted by molar-refractivity contribution is 0.0595. The molecule has 0 saturated carbocycles. The van der Waals surface area contributed by atoms with Crippen molar-refractivity contribution >= 4 is 46.0 Å². The first-order chi connectivity index (χ1) is 10.0. The fourth-order valence-electron chi connectivity index (χ4n) is 1.43. The molecule has 6 nitrogen and oxygen atoms in total. The second kappa shape index (κ2) is 6.84. The molecular weight excluding hydrogens is 337 g/mol. The summed E-state index contributed by atoms with van der Waals surface area (Å²) in [5.74, 6) is -0.668. The van der Waals surface area contributed by atoms with Crippen LogP contribution in [0.4, 0.5) is 5.82 Å². The van der Waals surface area contributed by atoms with Crippen molar-refractivity contribution in [2.45, 2.75) is 4.90 Å². The van der Waals surface area contributed by atoms with Gasteiger partial charge >= 0.3 is 5.97 Å². The predicted molar refractivity (Wildman–Crippen MR) is 79.9 cm³/mol. The minimum Gasteiger partial charge on any atom is -0.464 e. The molecule has 0 bridgehead atoms. The highest BCUT2D eigenvalue weighted by Gasteiger charge is 2.18. The molecule has 0 saturated heterocycles. The van der Waals surface area contributed by atoms with Crippen molar-refractivity contribution in [3.63, 3.8) is 0 Å². The topological polar surface area (TPSA) is 81.2 Å². The molecule has 1 atom stereocenters. The Kier molecular flexibility index (Phi) is 5.11. The Hall–Kier alpha value is -1.70. The van der Waals surface area contributed by atoms with Crippen molar-refractivity contribution < 1.29 is 13.7 Å². The average Bonchev–Trinajstić information content (AvgIpc) is 2.49. The minimum atomic E-state index is -1.76. The maximum Gasteiger partial charge on any atom is 0.360 e. The Labute approximate surface area is 133 Å². The van der Waals surface area contributed by atoms with E-state index in [1.807, 2.05) is 0 Å². The number of ether oxygens (including phenoxy) is 1. The highest BCUT2D eigenvalue weighted by atomic mass is 35.5. The molecule has 21 heavy (non-hydrogen) atoms. The molecule has 2 aromatic rings. The van der Waals surface area contributed by atoms with Crippen molar-refractivity contribution in [3.05, 3.63) is 46.3 Å². The monoisotopic (exact) mass is 345 g/mol. The Balaban J connectivity index is 2.32. The zero-order valence-corrected chi connectivity index (χ0v) is 13.0. The van der Waals surface area contributed by atoms with Gasteiger partial charge in [-0.05, 0) is 12.1 Å². The summed E-state index contributed by atoms with van der Waals surface area (Å²) in [5.41, 5.74) is -0.0773. The van der Waals surface area contributed by atoms with Crippen LogP contribution < -0.4 is 4.72 Å². The Morgan fingerprint density at radius 1 is 1.29 bits per heavy atom. The van der Waals surface area contributed by atoms with Crippen molar-refractivity contribution in [1.82, 2.24) is 9.97 Å². The van der Waals surface area contributed by atoms with Crippen molar-refractivity contribution in [2.24, 2.45) is 0 Å². The number of carbonyl (C=O) groups is 1. The normalized spacial score (nSPS) is 11.8. The van der Waals surface area contributed by atoms with Crippen LogP contribution in [-0.4, -0.2) is 27.3 Å². The zero-order chi connectivity index (χ0) is 15.4. The Bertz CT molecular complexity index is 712. The molecular formula is C12H9Cl2N3O3S. The first-order valence-corrected chi connectivity index (χ1v) is 7.47. The molecule has 0 fully saturated rings. The number of methoxy groups -OCH3 is 1. The summed E-state index contributed by atoms with van der Waals surface area (Å²) >= 11 is 11.9. The standard InChI is InChI=1S/C12H9Cl2N3O3S/c1-20-12(18)10-11(16-6-5-15-10)17-21(19)8-4-2-3-7(13)9(8)14/h2-6H,1H3,(H,16,17). The third kappa shape index (κ3) is 3.49. The summed E-state index contributed by atoms with van der Waals surface area (Å²) in [6.45, 7) is 0. The van der Waals surface area contributed by atoms with Crippen LogP contribution in [0.15, 0.2) is 35.5 Å². The maximum absolute atomic E-state index is 12.3. The van der Waals surface area contributed by atoms with Crippen LogP contribution >= 0.6 is 23.2 Å². The van der Waals surface area contributed by atoms with Gasteiger partial charge in [0.05, 0.1) is 22.1 Å². The minimum absolute atomic E-state index is 0.0266. The second-order valence-corrected chi connectivity index (χ2v) is 5.63. The summed E-state index contributed by atoms with van der Waals surface area (Å²) in [7, 11) is -0.548. The third-order valence-electron chi connectivity index (χ3n) is 2.38. The fraction of sp³-hybridized carbons (Fsp3) is 0.0833. The molecule has 1 N–H and O–H groups in total. The summed E-state index contributed by atoms with van der Waals surface area (Å²) in [6, 6.07) is 4.74. The Morgan fingerprint density at radius 3 is 2.71 bits per heavy atom. The molecule has 2 rings (SSSR count). The molecule has 0 spiro atoms. The number of rotatable bonds is 4. The molecule has 1 unspecified atom stereocenters. The van der Waals surface area contributed by atoms with Crippen LogP contribution in [0, 0.1) is 0 Å². The number of benzene rings is 1. The maximum atomic E-state index is 12.3. The van der Waals surface area contributed by atoms with Gasteiger partial charge in [-0.2, -0.15) is 0 Å². The Morgan fingerprint density at radius 2 is 2.00 bits per heavy atom. The number of anilines is 1. The van der Waals surface area contributed by atoms with E-state index in [-0.39, 0.29) is 26.5 Å². The van der Waals surface area contributed by atoms with Crippen LogP contribution in [0.5, 0.6) is 0 Å². The first kappa shape index (κ1) is 15.7. The van der Waals surface area contributed by atoms with Crippen LogP contribution in [0.2, 0.25) is 10.0 Å². The summed E-state index contributed by atoms with van der Waals surface area (Å²) < 4.78 is 19.4. The number of hydrogen-bond donors (Lipinski definition) is 1. The smallest absolute Gasteiger partial charge is 0.360 e. The number of carbonyl (C=O) groups excluding carboxylic acids is 1. The van der Waals surface area contributed by atoms with Gasteiger partial charge < -0.3 is 4.74 Å². The van der Waals surface area contributed by atoms with Gasteiger partial charge in [-0.1, -0.05) is 29.3 Å². The van der Waals surface area contributed by atoms with Crippen molar-refractivity contribution in [2.75, 3.05) is 11.8 Å². The predicted octanol–water partition coefficient (Wildman–Crippen LogP) is 2.70. The average molecular weight is 346 g/mol. The largest absolute Gasteiger partial charge is 0.464 e. The van der Waals surface area contributed by atoms with Gasteiger partial charge in [-0.15, -0.1) is 0 Å². The van der Waals surface area contributed by atoms with E-state index in [0.29, 0.717) is 0 Å². The van der Waals surface area contributed by atoms with E-state index >= 15 is 0 Å². The first-order valence-electron chi connectivity index (χ1n) is 5.56. The molecule has 1 aromatic heterocycles. The number of nitrogens with one attached hydrogen (secondary N) is 1. The molecule has 0 radical (unpaired) electrons. The molecule has 110 valence electrons. The van der Waals surface area contributed by atoms with Gasteiger partial charge in [0.25, 0.3) is 0 Å². The van der Waals surface area contributed by atoms with Crippen LogP contribution in [-0.2, 0) is 15.7 Å². The number of esters is 1. The molecule has 0 amide bonds. The van der Waals surface area contributed by atoms with Gasteiger partial charge in [0.1, 0.15) is 0 Å². The van der Waals surface area contributed by atoms with E-state index in [0.717, 1.165) is 0 Å². The van der Waals surface area contributed by atoms with Crippen LogP contribution in [0.3, 0.4) is 0 Å². The number of nitrogens with zero attached hydrogens (tertiary/aromatic N) is 2. The van der Waals surface area contributed by atoms with E-state index in [4.69, 9.17) is 23.2 Å². The lowest BCUT2D eigenvalue weighted by Gasteiger charge is -2.09. The fourth-order valence-corrected chi connectivity index (χ4v) is 2.91. The van der Waals surface area contributed by atoms with Gasteiger partial charge in [-0.25, -0.2) is 19.0 Å². The van der Waals surface area contributed by atoms with Crippen LogP contribution in [0.1, 0.15) is 10.5 Å². The van der Waals surface area contributed by atoms with E-state index in [1.54, 1.807) is 18.2 Å². The third-order valence-corrected chi connectivity index (χ3v) is 4.43. The number of halogens is 2. The van der Waals surface area contributed by atoms with Gasteiger partial charge in [0.2, 0.25) is 0 Å². The number of hydrogen-bond acceptors (Lipinski definition) is 5. The molecule has 1 heterocycles. The van der Waals surface area contributed by atoms with Gasteiger partial charge in [-0.3, -0.25) is 4.72 Å². The number of aromatic nitrogens is 2. The second-order valence-electron chi connectivity index (χ2n) is 3.67. The highest BCUT2D eigenvalue weighted by molar-refractivity contribution is 7.86. The van der Waals surface area contributed by atoms with E-state index in [9.17, 15) is 9.00 Å². The molecule has 0 aliphatic heterocycles. The lowest BCUT2D eigenvalue weighted by Crippen LogP contribution is -2.14. The molecule has 0 aliphatic rings. The summed E-state index contributed by atoms with van der Waals surface area (Å²) in [6.07, 6.45) is 2.68. The lowest BCUT2D eigenvalue weighted by atomic mass is 10.4. The van der Waals surface area contributed by atoms with E-state index < -0.39 is 17.0 Å². The zero-order valence-electron chi connectivity index (χ0n) is 10.7. The van der Waals surface area contributed by atoms with E-state index in [2.05, 4.69) is 19.4 Å². The molecule has 1 aromatic carbocycles. The van der Waals surface area contributed by atoms with E-state index in [1.165, 1.54) is 19.5 Å². The quantitative estimate of drug-likeness (QED) is 0.861. The van der Waals surface area contributed by atoms with Crippen molar-refractivity contribution in [1.29, 1.82) is 0 Å². The van der Waals surface area contributed by atoms with Gasteiger partial charge in [0.15, 0.2) is 22.5 Å². The molecule has 9 heteroatoms. The van der Waals surface area contributed by atoms with Gasteiger partial charge in [0, 0.05) is 12.4 Å². The van der Waals surface area contributed by atoms with Crippen LogP contribution in [0.25, 0.3) is 0 Å². The SMILES string of the molecule is COC(=O)c1nccnc1NS(=O)c1cccc(Cl)c1Cl. The van der Waals surface area contributed by atoms with Crippen molar-refractivity contribution in [3.8, 4) is 0 Å². The highest BCUT2D eigenvalue weighted by Crippen LogP contribution is 2.28. The summed E-state index contributed by atoms with van der Waals surface area (Å²) in [5, 5.41) is 0.435.